The summed E-state index contributed by atoms with van der Waals surface area (Å²) in [6, 6.07) is 5.23. The lowest BCUT2D eigenvalue weighted by atomic mass is 9.97. The number of aliphatic hydroxyl groups excluding tert-OH is 1. The number of piperidine rings is 1. The van der Waals surface area contributed by atoms with Crippen molar-refractivity contribution in [3.63, 3.8) is 0 Å². The van der Waals surface area contributed by atoms with Gasteiger partial charge in [0, 0.05) is 25.8 Å². The molecule has 1 aliphatic heterocycles. The average molecular weight is 293 g/mol. The Balaban J connectivity index is 2.12. The molecule has 0 radical (unpaired) electrons. The van der Waals surface area contributed by atoms with E-state index in [0.29, 0.717) is 24.7 Å². The number of nitro benzene ring substituents is 1. The molecule has 6 heteroatoms. The second kappa shape index (κ2) is 7.38. The van der Waals surface area contributed by atoms with Crippen molar-refractivity contribution >= 4 is 11.4 Å². The lowest BCUT2D eigenvalue weighted by Crippen LogP contribution is -2.34. The number of hydrogen-bond donors (Lipinski definition) is 2. The largest absolute Gasteiger partial charge is 0.396 e. The van der Waals surface area contributed by atoms with Gasteiger partial charge in [-0.1, -0.05) is 12.1 Å². The molecule has 1 aliphatic rings. The quantitative estimate of drug-likeness (QED) is 0.621. The SMILES string of the molecule is CCNc1c(CN2CCC(CO)CC2)cccc1[N+](=O)[O-]. The van der Waals surface area contributed by atoms with E-state index in [4.69, 9.17) is 0 Å². The van der Waals surface area contributed by atoms with E-state index in [1.165, 1.54) is 0 Å². The summed E-state index contributed by atoms with van der Waals surface area (Å²) in [4.78, 5) is 13.1. The third-order valence-electron chi connectivity index (χ3n) is 4.04. The second-order valence-corrected chi connectivity index (χ2v) is 5.50. The van der Waals surface area contributed by atoms with Crippen LogP contribution in [0.4, 0.5) is 11.4 Å². The molecular weight excluding hydrogens is 270 g/mol. The van der Waals surface area contributed by atoms with Gasteiger partial charge in [0.2, 0.25) is 0 Å². The zero-order valence-corrected chi connectivity index (χ0v) is 12.4. The predicted molar refractivity (Wildman–Crippen MR) is 82.3 cm³/mol. The molecule has 1 aromatic carbocycles. The van der Waals surface area contributed by atoms with E-state index in [9.17, 15) is 15.2 Å². The maximum atomic E-state index is 11.1. The Morgan fingerprint density at radius 1 is 1.43 bits per heavy atom. The molecule has 0 aliphatic carbocycles. The Kier molecular flexibility index (Phi) is 5.52. The van der Waals surface area contributed by atoms with Gasteiger partial charge >= 0.3 is 0 Å². The summed E-state index contributed by atoms with van der Waals surface area (Å²) in [5, 5.41) is 23.4. The van der Waals surface area contributed by atoms with Crippen LogP contribution in [0, 0.1) is 16.0 Å². The van der Waals surface area contributed by atoms with Crippen LogP contribution in [0.2, 0.25) is 0 Å². The van der Waals surface area contributed by atoms with Gasteiger partial charge < -0.3 is 10.4 Å². The van der Waals surface area contributed by atoms with Crippen LogP contribution in [0.15, 0.2) is 18.2 Å². The van der Waals surface area contributed by atoms with E-state index in [0.717, 1.165) is 31.5 Å². The smallest absolute Gasteiger partial charge is 0.292 e. The maximum Gasteiger partial charge on any atom is 0.292 e. The fraction of sp³-hybridized carbons (Fsp3) is 0.600. The topological polar surface area (TPSA) is 78.6 Å². The minimum atomic E-state index is -0.334. The number of nitro groups is 1. The van der Waals surface area contributed by atoms with Gasteiger partial charge in [0.15, 0.2) is 0 Å². The molecule has 0 spiro atoms. The van der Waals surface area contributed by atoms with E-state index < -0.39 is 0 Å². The van der Waals surface area contributed by atoms with E-state index >= 15 is 0 Å². The lowest BCUT2D eigenvalue weighted by Gasteiger charge is -2.31. The van der Waals surface area contributed by atoms with Gasteiger partial charge in [0.1, 0.15) is 5.69 Å². The number of rotatable bonds is 6. The highest BCUT2D eigenvalue weighted by Gasteiger charge is 2.22. The van der Waals surface area contributed by atoms with Crippen LogP contribution in [0.1, 0.15) is 25.3 Å². The van der Waals surface area contributed by atoms with E-state index in [1.54, 1.807) is 12.1 Å². The van der Waals surface area contributed by atoms with Gasteiger partial charge in [-0.15, -0.1) is 0 Å². The molecule has 2 N–H and O–H groups in total. The summed E-state index contributed by atoms with van der Waals surface area (Å²) < 4.78 is 0. The van der Waals surface area contributed by atoms with Crippen molar-refractivity contribution < 1.29 is 10.0 Å². The molecule has 2 rings (SSSR count). The highest BCUT2D eigenvalue weighted by atomic mass is 16.6. The Morgan fingerprint density at radius 3 is 2.71 bits per heavy atom. The summed E-state index contributed by atoms with van der Waals surface area (Å²) >= 11 is 0. The van der Waals surface area contributed by atoms with E-state index in [-0.39, 0.29) is 17.2 Å². The Labute approximate surface area is 124 Å². The molecular formula is C15H23N3O3. The molecule has 0 atom stereocenters. The number of nitrogens with one attached hydrogen (secondary N) is 1. The molecule has 0 aromatic heterocycles. The van der Waals surface area contributed by atoms with Gasteiger partial charge in [-0.2, -0.15) is 0 Å². The molecule has 21 heavy (non-hydrogen) atoms. The zero-order valence-electron chi connectivity index (χ0n) is 12.4. The normalized spacial score (nSPS) is 16.9. The summed E-state index contributed by atoms with van der Waals surface area (Å²) in [5.41, 5.74) is 1.74. The van der Waals surface area contributed by atoms with Crippen LogP contribution in [-0.4, -0.2) is 41.2 Å². The summed E-state index contributed by atoms with van der Waals surface area (Å²) in [6.45, 7) is 5.42. The Hall–Kier alpha value is -1.66. The van der Waals surface area contributed by atoms with Crippen LogP contribution >= 0.6 is 0 Å². The number of likely N-dealkylation sites (tertiary alicyclic amines) is 1. The predicted octanol–water partition coefficient (Wildman–Crippen LogP) is 2.23. The van der Waals surface area contributed by atoms with Gasteiger partial charge in [-0.05, 0) is 44.3 Å². The van der Waals surface area contributed by atoms with Crippen molar-refractivity contribution in [3.8, 4) is 0 Å². The molecule has 1 fully saturated rings. The Bertz CT molecular complexity index is 485. The second-order valence-electron chi connectivity index (χ2n) is 5.50. The monoisotopic (exact) mass is 293 g/mol. The third-order valence-corrected chi connectivity index (χ3v) is 4.04. The molecule has 0 bridgehead atoms. The van der Waals surface area contributed by atoms with Crippen LogP contribution in [0.5, 0.6) is 0 Å². The van der Waals surface area contributed by atoms with Crippen LogP contribution < -0.4 is 5.32 Å². The van der Waals surface area contributed by atoms with Crippen molar-refractivity contribution in [1.82, 2.24) is 4.90 Å². The Morgan fingerprint density at radius 2 is 2.14 bits per heavy atom. The number of aliphatic hydroxyl groups is 1. The van der Waals surface area contributed by atoms with Crippen LogP contribution in [0.3, 0.4) is 0 Å². The van der Waals surface area contributed by atoms with Crippen LogP contribution in [0.25, 0.3) is 0 Å². The zero-order chi connectivity index (χ0) is 15.2. The lowest BCUT2D eigenvalue weighted by molar-refractivity contribution is -0.384. The van der Waals surface area contributed by atoms with E-state index in [1.807, 2.05) is 13.0 Å². The van der Waals surface area contributed by atoms with Crippen molar-refractivity contribution in [2.45, 2.75) is 26.3 Å². The number of hydrogen-bond acceptors (Lipinski definition) is 5. The van der Waals surface area contributed by atoms with Gasteiger partial charge in [0.05, 0.1) is 4.92 Å². The van der Waals surface area contributed by atoms with Crippen molar-refractivity contribution in [2.24, 2.45) is 5.92 Å². The fourth-order valence-electron chi connectivity index (χ4n) is 2.82. The molecule has 0 amide bonds. The first kappa shape index (κ1) is 15.7. The standard InChI is InChI=1S/C15H23N3O3/c1-2-16-15-13(4-3-5-14(15)18(20)21)10-17-8-6-12(11-19)7-9-17/h3-5,12,16,19H,2,6-11H2,1H3. The summed E-state index contributed by atoms with van der Waals surface area (Å²) in [5.74, 6) is 0.402. The minimum Gasteiger partial charge on any atom is -0.396 e. The van der Waals surface area contributed by atoms with Crippen molar-refractivity contribution in [2.75, 3.05) is 31.6 Å². The first-order chi connectivity index (χ1) is 10.2. The first-order valence-corrected chi connectivity index (χ1v) is 7.49. The maximum absolute atomic E-state index is 11.1. The molecule has 0 saturated carbocycles. The summed E-state index contributed by atoms with van der Waals surface area (Å²) in [6.07, 6.45) is 1.98. The van der Waals surface area contributed by atoms with Gasteiger partial charge in [-0.25, -0.2) is 0 Å². The van der Waals surface area contributed by atoms with Crippen molar-refractivity contribution in [3.05, 3.63) is 33.9 Å². The minimum absolute atomic E-state index is 0.139. The highest BCUT2D eigenvalue weighted by Crippen LogP contribution is 2.30. The van der Waals surface area contributed by atoms with E-state index in [2.05, 4.69) is 10.2 Å². The van der Waals surface area contributed by atoms with Crippen molar-refractivity contribution in [1.29, 1.82) is 0 Å². The van der Waals surface area contributed by atoms with Crippen LogP contribution in [-0.2, 0) is 6.54 Å². The molecule has 1 saturated heterocycles. The molecule has 0 unspecified atom stereocenters. The average Bonchev–Trinajstić information content (AvgIpc) is 2.49. The molecule has 1 heterocycles. The van der Waals surface area contributed by atoms with Gasteiger partial charge in [0.25, 0.3) is 5.69 Å². The summed E-state index contributed by atoms with van der Waals surface area (Å²) in [7, 11) is 0. The van der Waals surface area contributed by atoms with Gasteiger partial charge in [-0.3, -0.25) is 15.0 Å². The number of nitrogens with zero attached hydrogens (tertiary/aromatic N) is 2. The molecule has 116 valence electrons. The third kappa shape index (κ3) is 3.92. The highest BCUT2D eigenvalue weighted by molar-refractivity contribution is 5.66. The first-order valence-electron chi connectivity index (χ1n) is 7.49. The number of para-hydroxylation sites is 1. The number of anilines is 1. The molecule has 6 nitrogen and oxygen atoms in total. The molecule has 1 aromatic rings. The fourth-order valence-corrected chi connectivity index (χ4v) is 2.82. The number of benzene rings is 1.